The molecule has 0 aromatic heterocycles. The Balaban J connectivity index is 2.55. The Labute approximate surface area is 170 Å². The number of hydrogen-bond acceptors (Lipinski definition) is 8. The predicted octanol–water partition coefficient (Wildman–Crippen LogP) is 0.494. The largest absolute Gasteiger partial charge is 0.445 e. The maximum Gasteiger partial charge on any atom is 0.412 e. The average Bonchev–Trinajstić information content (AvgIpc) is 2.98. The van der Waals surface area contributed by atoms with Gasteiger partial charge in [0, 0.05) is 19.5 Å². The fourth-order valence-corrected chi connectivity index (χ4v) is 3.30. The lowest BCUT2D eigenvalue weighted by atomic mass is 10.1. The van der Waals surface area contributed by atoms with E-state index in [2.05, 4.69) is 23.8 Å². The Hall–Kier alpha value is -2.60. The van der Waals surface area contributed by atoms with Crippen LogP contribution >= 0.6 is 0 Å². The molecule has 0 aromatic rings. The van der Waals surface area contributed by atoms with Crippen LogP contribution in [-0.2, 0) is 28.6 Å². The van der Waals surface area contributed by atoms with Crippen LogP contribution in [0.3, 0.4) is 0 Å². The minimum atomic E-state index is -3.68. The van der Waals surface area contributed by atoms with Gasteiger partial charge >= 0.3 is 12.2 Å². The molecule has 0 saturated carbocycles. The molecule has 12 heteroatoms. The quantitative estimate of drug-likeness (QED) is 0.288. The minimum Gasteiger partial charge on any atom is -0.445 e. The number of alkyl carbamates (subject to hydrolysis) is 1. The molecule has 1 rings (SSSR count). The zero-order valence-corrected chi connectivity index (χ0v) is 17.3. The van der Waals surface area contributed by atoms with Crippen LogP contribution in [0.15, 0.2) is 25.0 Å². The number of amides is 3. The Morgan fingerprint density at radius 1 is 1.28 bits per heavy atom. The number of likely N-dealkylation sites (tertiary alicyclic amines) is 1. The summed E-state index contributed by atoms with van der Waals surface area (Å²) in [6.45, 7) is 8.51. The highest BCUT2D eigenvalue weighted by molar-refractivity contribution is 7.86. The van der Waals surface area contributed by atoms with Crippen LogP contribution in [0, 0.1) is 0 Å². The van der Waals surface area contributed by atoms with E-state index >= 15 is 0 Å². The molecule has 3 amide bonds. The van der Waals surface area contributed by atoms with Crippen molar-refractivity contribution in [3.63, 3.8) is 0 Å². The van der Waals surface area contributed by atoms with Crippen LogP contribution in [0.4, 0.5) is 9.59 Å². The van der Waals surface area contributed by atoms with Gasteiger partial charge in [-0.2, -0.15) is 8.42 Å². The van der Waals surface area contributed by atoms with E-state index in [1.807, 2.05) is 0 Å². The van der Waals surface area contributed by atoms with Crippen LogP contribution < -0.4 is 10.6 Å². The summed E-state index contributed by atoms with van der Waals surface area (Å²) >= 11 is 0. The van der Waals surface area contributed by atoms with Gasteiger partial charge in [0.2, 0.25) is 5.91 Å². The van der Waals surface area contributed by atoms with Gasteiger partial charge in [-0.25, -0.2) is 9.59 Å². The molecule has 0 unspecified atom stereocenters. The minimum absolute atomic E-state index is 0.00118. The average molecular weight is 433 g/mol. The molecule has 0 aromatic carbocycles. The normalized spacial score (nSPS) is 18.6. The van der Waals surface area contributed by atoms with Gasteiger partial charge in [0.15, 0.2) is 0 Å². The summed E-state index contributed by atoms with van der Waals surface area (Å²) < 4.78 is 37.6. The highest BCUT2D eigenvalue weighted by atomic mass is 32.2. The fraction of sp³-hybridized carbons (Fsp3) is 0.588. The van der Waals surface area contributed by atoms with Gasteiger partial charge in [0.25, 0.3) is 10.1 Å². The first-order valence-corrected chi connectivity index (χ1v) is 10.6. The summed E-state index contributed by atoms with van der Waals surface area (Å²) in [5.74, 6) is -0.222. The lowest BCUT2D eigenvalue weighted by Gasteiger charge is -2.23. The number of carbonyl (C=O) groups is 3. The second-order valence-electron chi connectivity index (χ2n) is 6.38. The van der Waals surface area contributed by atoms with Crippen molar-refractivity contribution in [3.8, 4) is 0 Å². The van der Waals surface area contributed by atoms with Crippen LogP contribution in [0.2, 0.25) is 0 Å². The number of nitrogens with one attached hydrogen (secondary N) is 2. The molecule has 0 radical (unpaired) electrons. The van der Waals surface area contributed by atoms with E-state index in [1.165, 1.54) is 17.9 Å². The van der Waals surface area contributed by atoms with E-state index in [-0.39, 0.29) is 44.3 Å². The number of rotatable bonds is 10. The van der Waals surface area contributed by atoms with Crippen molar-refractivity contribution >= 4 is 28.2 Å². The SMILES string of the molecule is C=CCOC(=O)N1C[C@H](OS(C)(=O)=O)C[C@@H]1CCNC(=O)OC(=C)CNC(C)=O. The predicted molar refractivity (Wildman–Crippen MR) is 103 cm³/mol. The molecular formula is C17H27N3O8S. The molecule has 164 valence electrons. The van der Waals surface area contributed by atoms with E-state index in [9.17, 15) is 22.8 Å². The third-order valence-corrected chi connectivity index (χ3v) is 4.39. The smallest absolute Gasteiger partial charge is 0.412 e. The third kappa shape index (κ3) is 9.94. The monoisotopic (exact) mass is 433 g/mol. The van der Waals surface area contributed by atoms with Crippen molar-refractivity contribution in [1.29, 1.82) is 0 Å². The van der Waals surface area contributed by atoms with Gasteiger partial charge < -0.3 is 25.0 Å². The van der Waals surface area contributed by atoms with E-state index in [1.54, 1.807) is 0 Å². The van der Waals surface area contributed by atoms with Crippen molar-refractivity contribution in [2.75, 3.05) is 32.5 Å². The molecule has 0 bridgehead atoms. The molecule has 1 saturated heterocycles. The van der Waals surface area contributed by atoms with Gasteiger partial charge in [0.05, 0.1) is 25.4 Å². The first kappa shape index (κ1) is 24.4. The van der Waals surface area contributed by atoms with E-state index < -0.39 is 34.5 Å². The molecule has 2 atom stereocenters. The molecule has 2 N–H and O–H groups in total. The Kier molecular flexibility index (Phi) is 9.62. The Bertz CT molecular complexity index is 737. The zero-order chi connectivity index (χ0) is 22.0. The molecule has 1 heterocycles. The Morgan fingerprint density at radius 3 is 2.55 bits per heavy atom. The van der Waals surface area contributed by atoms with Crippen LogP contribution in [0.1, 0.15) is 19.8 Å². The highest BCUT2D eigenvalue weighted by Crippen LogP contribution is 2.24. The Morgan fingerprint density at radius 2 is 1.97 bits per heavy atom. The number of hydrogen-bond donors (Lipinski definition) is 2. The topological polar surface area (TPSA) is 140 Å². The van der Waals surface area contributed by atoms with Gasteiger partial charge in [0.1, 0.15) is 12.4 Å². The van der Waals surface area contributed by atoms with Crippen molar-refractivity contribution in [2.45, 2.75) is 31.9 Å². The molecule has 11 nitrogen and oxygen atoms in total. The molecule has 1 aliphatic heterocycles. The summed E-state index contributed by atoms with van der Waals surface area (Å²) in [4.78, 5) is 36.1. The summed E-state index contributed by atoms with van der Waals surface area (Å²) in [7, 11) is -3.68. The van der Waals surface area contributed by atoms with Crippen LogP contribution in [0.25, 0.3) is 0 Å². The molecule has 29 heavy (non-hydrogen) atoms. The summed E-state index contributed by atoms with van der Waals surface area (Å²) in [6.07, 6.45) is 0.854. The summed E-state index contributed by atoms with van der Waals surface area (Å²) in [5, 5.41) is 4.94. The number of carbonyl (C=O) groups excluding carboxylic acids is 3. The lowest BCUT2D eigenvalue weighted by Crippen LogP contribution is -2.39. The fourth-order valence-electron chi connectivity index (χ4n) is 2.67. The second kappa shape index (κ2) is 11.4. The number of nitrogens with zero attached hydrogens (tertiary/aromatic N) is 1. The highest BCUT2D eigenvalue weighted by Gasteiger charge is 2.38. The maximum atomic E-state index is 12.2. The second-order valence-corrected chi connectivity index (χ2v) is 7.98. The van der Waals surface area contributed by atoms with Crippen molar-refractivity contribution in [3.05, 3.63) is 25.0 Å². The molecule has 0 spiro atoms. The van der Waals surface area contributed by atoms with Gasteiger partial charge in [-0.05, 0) is 12.8 Å². The van der Waals surface area contributed by atoms with E-state index in [4.69, 9.17) is 13.7 Å². The maximum absolute atomic E-state index is 12.2. The standard InChI is InChI=1S/C17H27N3O8S/c1-5-8-26-17(23)20-11-15(28-29(4,24)25)9-14(20)6-7-18-16(22)27-12(2)10-19-13(3)21/h5,14-15H,1-2,6-11H2,3-4H3,(H,18,22)(H,19,21)/t14-,15+/m0/s1. The van der Waals surface area contributed by atoms with Crippen LogP contribution in [0.5, 0.6) is 0 Å². The van der Waals surface area contributed by atoms with Gasteiger partial charge in [-0.3, -0.25) is 8.98 Å². The molecular weight excluding hydrogens is 406 g/mol. The molecule has 0 aliphatic carbocycles. The molecule has 1 fully saturated rings. The van der Waals surface area contributed by atoms with Gasteiger partial charge in [-0.15, -0.1) is 0 Å². The summed E-state index contributed by atoms with van der Waals surface area (Å²) in [6, 6.07) is -0.401. The van der Waals surface area contributed by atoms with Crippen molar-refractivity contribution < 1.29 is 36.5 Å². The van der Waals surface area contributed by atoms with E-state index in [0.717, 1.165) is 6.26 Å². The third-order valence-electron chi connectivity index (χ3n) is 3.76. The summed E-state index contributed by atoms with van der Waals surface area (Å²) in [5.41, 5.74) is 0. The van der Waals surface area contributed by atoms with Crippen LogP contribution in [-0.4, -0.2) is 76.1 Å². The van der Waals surface area contributed by atoms with E-state index in [0.29, 0.717) is 6.42 Å². The van der Waals surface area contributed by atoms with Crippen molar-refractivity contribution in [1.82, 2.24) is 15.5 Å². The van der Waals surface area contributed by atoms with Crippen molar-refractivity contribution in [2.24, 2.45) is 0 Å². The molecule has 1 aliphatic rings. The number of ether oxygens (including phenoxy) is 2. The lowest BCUT2D eigenvalue weighted by molar-refractivity contribution is -0.118. The first-order chi connectivity index (χ1) is 13.5. The van der Waals surface area contributed by atoms with Gasteiger partial charge in [-0.1, -0.05) is 19.2 Å². The first-order valence-electron chi connectivity index (χ1n) is 8.82. The zero-order valence-electron chi connectivity index (χ0n) is 16.5.